The Hall–Kier alpha value is -0.420. The van der Waals surface area contributed by atoms with Crippen molar-refractivity contribution in [1.82, 2.24) is 4.90 Å². The lowest BCUT2D eigenvalue weighted by Gasteiger charge is -2.44. The largest absolute Gasteiger partial charge is 0.372 e. The van der Waals surface area contributed by atoms with E-state index in [-0.39, 0.29) is 17.8 Å². The Kier molecular flexibility index (Phi) is 4.69. The average molecular weight is 354 g/mol. The number of fused-ring (bicyclic) bond motifs is 1. The highest BCUT2D eigenvalue weighted by Gasteiger charge is 2.34. The second-order valence-corrected chi connectivity index (χ2v) is 7.30. The highest BCUT2D eigenvalue weighted by molar-refractivity contribution is 9.09. The Morgan fingerprint density at radius 1 is 1.33 bits per heavy atom. The van der Waals surface area contributed by atoms with Gasteiger partial charge in [0.2, 0.25) is 0 Å². The molecule has 2 aliphatic rings. The first kappa shape index (κ1) is 15.5. The molecule has 1 saturated heterocycles. The third-order valence-electron chi connectivity index (χ3n) is 4.24. The van der Waals surface area contributed by atoms with Crippen molar-refractivity contribution < 1.29 is 9.47 Å². The number of halogens is 1. The molecule has 1 fully saturated rings. The monoisotopic (exact) mass is 353 g/mol. The summed E-state index contributed by atoms with van der Waals surface area (Å²) in [5.74, 6) is 0. The summed E-state index contributed by atoms with van der Waals surface area (Å²) in [7, 11) is 0. The molecule has 0 bridgehead atoms. The van der Waals surface area contributed by atoms with E-state index in [4.69, 9.17) is 9.47 Å². The minimum Gasteiger partial charge on any atom is -0.372 e. The first-order valence-corrected chi connectivity index (χ1v) is 8.85. The minimum absolute atomic E-state index is 0.0924. The molecule has 4 heteroatoms. The molecule has 0 amide bonds. The molecule has 2 heterocycles. The fraction of sp³-hybridized carbons (Fsp3) is 0.647. The van der Waals surface area contributed by atoms with Crippen LogP contribution in [0.25, 0.3) is 0 Å². The lowest BCUT2D eigenvalue weighted by atomic mass is 9.96. The average Bonchev–Trinajstić information content (AvgIpc) is 2.46. The Morgan fingerprint density at radius 3 is 2.95 bits per heavy atom. The Labute approximate surface area is 135 Å². The van der Waals surface area contributed by atoms with Gasteiger partial charge in [-0.25, -0.2) is 0 Å². The Bertz CT molecular complexity index is 491. The maximum absolute atomic E-state index is 6.08. The molecule has 2 aliphatic heterocycles. The van der Waals surface area contributed by atoms with Crippen molar-refractivity contribution in [2.24, 2.45) is 0 Å². The van der Waals surface area contributed by atoms with Crippen LogP contribution in [-0.4, -0.2) is 48.2 Å². The number of hydrogen-bond acceptors (Lipinski definition) is 3. The topological polar surface area (TPSA) is 21.7 Å². The summed E-state index contributed by atoms with van der Waals surface area (Å²) in [6, 6.07) is 8.69. The maximum Gasteiger partial charge on any atom is 0.0954 e. The minimum atomic E-state index is -0.0924. The van der Waals surface area contributed by atoms with Crippen molar-refractivity contribution in [3.8, 4) is 0 Å². The SMILES string of the molecule is CC1(C)CN(CC2OCCc3ccccc32)CC(CBr)O1. The molecule has 0 aromatic heterocycles. The zero-order valence-corrected chi connectivity index (χ0v) is 14.4. The van der Waals surface area contributed by atoms with Crippen LogP contribution < -0.4 is 0 Å². The highest BCUT2D eigenvalue weighted by atomic mass is 79.9. The van der Waals surface area contributed by atoms with Crippen LogP contribution in [0.3, 0.4) is 0 Å². The first-order chi connectivity index (χ1) is 10.1. The third kappa shape index (κ3) is 3.67. The highest BCUT2D eigenvalue weighted by Crippen LogP contribution is 2.30. The molecule has 0 saturated carbocycles. The van der Waals surface area contributed by atoms with E-state index in [1.807, 2.05) is 0 Å². The van der Waals surface area contributed by atoms with Gasteiger partial charge >= 0.3 is 0 Å². The molecule has 2 atom stereocenters. The van der Waals surface area contributed by atoms with Crippen molar-refractivity contribution in [3.63, 3.8) is 0 Å². The van der Waals surface area contributed by atoms with Crippen molar-refractivity contribution in [1.29, 1.82) is 0 Å². The van der Waals surface area contributed by atoms with E-state index in [0.717, 1.165) is 38.0 Å². The number of rotatable bonds is 3. The number of nitrogens with zero attached hydrogens (tertiary/aromatic N) is 1. The Morgan fingerprint density at radius 2 is 2.14 bits per heavy atom. The van der Waals surface area contributed by atoms with Gasteiger partial charge in [-0.3, -0.25) is 4.90 Å². The molecule has 0 radical (unpaired) electrons. The summed E-state index contributed by atoms with van der Waals surface area (Å²) in [6.07, 6.45) is 1.48. The van der Waals surface area contributed by atoms with Crippen LogP contribution in [0, 0.1) is 0 Å². The predicted octanol–water partition coefficient (Wildman–Crippen LogP) is 3.17. The molecule has 1 aromatic rings. The summed E-state index contributed by atoms with van der Waals surface area (Å²) in [5.41, 5.74) is 2.71. The van der Waals surface area contributed by atoms with Crippen molar-refractivity contribution in [2.75, 3.05) is 31.6 Å². The van der Waals surface area contributed by atoms with Gasteiger partial charge in [-0.1, -0.05) is 40.2 Å². The molecule has 2 unspecified atom stereocenters. The van der Waals surface area contributed by atoms with Crippen molar-refractivity contribution in [3.05, 3.63) is 35.4 Å². The predicted molar refractivity (Wildman–Crippen MR) is 88.0 cm³/mol. The van der Waals surface area contributed by atoms with Crippen LogP contribution >= 0.6 is 15.9 Å². The first-order valence-electron chi connectivity index (χ1n) is 7.73. The van der Waals surface area contributed by atoms with Crippen LogP contribution in [0.1, 0.15) is 31.1 Å². The van der Waals surface area contributed by atoms with Gasteiger partial charge in [0.1, 0.15) is 0 Å². The summed E-state index contributed by atoms with van der Waals surface area (Å²) in [5, 5.41) is 0.884. The normalized spacial score (nSPS) is 29.1. The lowest BCUT2D eigenvalue weighted by molar-refractivity contribution is -0.135. The molecular formula is C17H24BrNO2. The summed E-state index contributed by atoms with van der Waals surface area (Å²) in [4.78, 5) is 2.49. The molecule has 3 nitrogen and oxygen atoms in total. The smallest absolute Gasteiger partial charge is 0.0954 e. The number of hydrogen-bond donors (Lipinski definition) is 0. The summed E-state index contributed by atoms with van der Waals surface area (Å²) >= 11 is 3.56. The molecule has 116 valence electrons. The number of morpholine rings is 1. The van der Waals surface area contributed by atoms with Gasteiger partial charge < -0.3 is 9.47 Å². The van der Waals surface area contributed by atoms with Gasteiger partial charge in [-0.15, -0.1) is 0 Å². The molecule has 0 spiro atoms. The molecule has 0 aliphatic carbocycles. The van der Waals surface area contributed by atoms with Crippen molar-refractivity contribution in [2.45, 2.75) is 38.1 Å². The van der Waals surface area contributed by atoms with E-state index in [9.17, 15) is 0 Å². The molecule has 21 heavy (non-hydrogen) atoms. The standard InChI is InChI=1S/C17H24BrNO2/c1-17(2)12-19(10-14(9-18)21-17)11-16-15-6-4-3-5-13(15)7-8-20-16/h3-6,14,16H,7-12H2,1-2H3. The lowest BCUT2D eigenvalue weighted by Crippen LogP contribution is -2.54. The van der Waals surface area contributed by atoms with Crippen LogP contribution in [-0.2, 0) is 15.9 Å². The summed E-state index contributed by atoms with van der Waals surface area (Å²) < 4.78 is 12.1. The van der Waals surface area contributed by atoms with Gasteiger partial charge in [0.15, 0.2) is 0 Å². The molecule has 1 aromatic carbocycles. The fourth-order valence-electron chi connectivity index (χ4n) is 3.50. The molecular weight excluding hydrogens is 330 g/mol. The molecule has 3 rings (SSSR count). The van der Waals surface area contributed by atoms with Gasteiger partial charge in [0, 0.05) is 25.0 Å². The van der Waals surface area contributed by atoms with Crippen molar-refractivity contribution >= 4 is 15.9 Å². The van der Waals surface area contributed by atoms with Gasteiger partial charge in [-0.05, 0) is 31.4 Å². The van der Waals surface area contributed by atoms with Crippen LogP contribution in [0.4, 0.5) is 0 Å². The molecule has 0 N–H and O–H groups in total. The van der Waals surface area contributed by atoms with Gasteiger partial charge in [0.05, 0.1) is 24.4 Å². The van der Waals surface area contributed by atoms with Crippen LogP contribution in [0.15, 0.2) is 24.3 Å². The zero-order valence-electron chi connectivity index (χ0n) is 12.8. The number of benzene rings is 1. The van der Waals surface area contributed by atoms with E-state index in [0.29, 0.717) is 0 Å². The van der Waals surface area contributed by atoms with Gasteiger partial charge in [0.25, 0.3) is 0 Å². The Balaban J connectivity index is 1.72. The summed E-state index contributed by atoms with van der Waals surface area (Å²) in [6.45, 7) is 8.05. The fourth-order valence-corrected chi connectivity index (χ4v) is 3.84. The van der Waals surface area contributed by atoms with Gasteiger partial charge in [-0.2, -0.15) is 0 Å². The van der Waals surface area contributed by atoms with Crippen LogP contribution in [0.2, 0.25) is 0 Å². The second kappa shape index (κ2) is 6.37. The number of alkyl halides is 1. The van der Waals surface area contributed by atoms with E-state index < -0.39 is 0 Å². The maximum atomic E-state index is 6.08. The van der Waals surface area contributed by atoms with E-state index in [1.165, 1.54) is 11.1 Å². The van der Waals surface area contributed by atoms with E-state index in [1.54, 1.807) is 0 Å². The number of ether oxygens (including phenoxy) is 2. The third-order valence-corrected chi connectivity index (χ3v) is 4.96. The zero-order chi connectivity index (χ0) is 14.9. The van der Waals surface area contributed by atoms with E-state index in [2.05, 4.69) is 58.9 Å². The van der Waals surface area contributed by atoms with E-state index >= 15 is 0 Å². The van der Waals surface area contributed by atoms with Crippen LogP contribution in [0.5, 0.6) is 0 Å². The second-order valence-electron chi connectivity index (χ2n) is 6.66. The quantitative estimate of drug-likeness (QED) is 0.779.